The summed E-state index contributed by atoms with van der Waals surface area (Å²) in [4.78, 5) is 0. The summed E-state index contributed by atoms with van der Waals surface area (Å²) in [5.41, 5.74) is 5.75. The molecule has 8 heteroatoms. The fourth-order valence-corrected chi connectivity index (χ4v) is 2.08. The summed E-state index contributed by atoms with van der Waals surface area (Å²) < 4.78 is 4.36. The van der Waals surface area contributed by atoms with E-state index in [1.807, 2.05) is 22.6 Å². The molecule has 0 aromatic heterocycles. The Hall–Kier alpha value is 0.555. The second-order valence-electron chi connectivity index (χ2n) is 3.90. The van der Waals surface area contributed by atoms with E-state index in [1.54, 1.807) is 7.85 Å². The molecule has 88 valence electrons. The molecule has 0 aromatic rings. The molecule has 0 aliphatic carbocycles. The molecule has 1 aliphatic heterocycles. The first-order chi connectivity index (χ1) is 6.79. The van der Waals surface area contributed by atoms with Crippen molar-refractivity contribution in [3.8, 4) is 0 Å². The van der Waals surface area contributed by atoms with E-state index >= 15 is 0 Å². The van der Waals surface area contributed by atoms with Crippen LogP contribution in [0.25, 0.3) is 0 Å². The first-order valence-electron chi connectivity index (χ1n) is 4.57. The molecule has 6 N–H and O–H groups in total. The van der Waals surface area contributed by atoms with Gasteiger partial charge in [-0.25, -0.2) is 0 Å². The second-order valence-corrected chi connectivity index (χ2v) is 6.23. The maximum atomic E-state index is 9.66. The molecule has 1 fully saturated rings. The number of nitrogens with two attached hydrogens (primary N) is 1. The second kappa shape index (κ2) is 4.82. The summed E-state index contributed by atoms with van der Waals surface area (Å²) in [6, 6.07) is 0. The SMILES string of the molecule is BC(N)(I)[C@H]1OC(CO)[C@H](O)[C@H](O)C1O. The monoisotopic (exact) mass is 331 g/mol. The number of ether oxygens (including phenoxy) is 1. The molecule has 0 aromatic carbocycles. The number of hydrogen-bond donors (Lipinski definition) is 5. The third-order valence-corrected chi connectivity index (χ3v) is 3.06. The first kappa shape index (κ1) is 13.6. The zero-order chi connectivity index (χ0) is 11.8. The van der Waals surface area contributed by atoms with Crippen LogP contribution in [0.2, 0.25) is 0 Å². The molecule has 0 spiro atoms. The van der Waals surface area contributed by atoms with E-state index in [-0.39, 0.29) is 0 Å². The van der Waals surface area contributed by atoms with Gasteiger partial charge in [0.05, 0.1) is 10.1 Å². The largest absolute Gasteiger partial charge is 0.394 e. The lowest BCUT2D eigenvalue weighted by molar-refractivity contribution is -0.230. The lowest BCUT2D eigenvalue weighted by Crippen LogP contribution is -2.66. The standard InChI is InChI=1S/C7H15BINO5/c8-7(9,10)6-5(14)4(13)3(12)2(1-11)15-6/h2-6,11-14H,1,8,10H2/t2?,3-,4-,5?,6-,7?/m0/s1. The fourth-order valence-electron chi connectivity index (χ4n) is 1.57. The van der Waals surface area contributed by atoms with Crippen LogP contribution in [0.15, 0.2) is 0 Å². The Bertz CT molecular complexity index is 224. The Morgan fingerprint density at radius 3 is 2.20 bits per heavy atom. The lowest BCUT2D eigenvalue weighted by Gasteiger charge is -2.44. The maximum absolute atomic E-state index is 9.66. The molecule has 6 nitrogen and oxygen atoms in total. The average Bonchev–Trinajstić information content (AvgIpc) is 2.13. The van der Waals surface area contributed by atoms with Gasteiger partial charge in [0.1, 0.15) is 38.4 Å². The van der Waals surface area contributed by atoms with Gasteiger partial charge in [0.25, 0.3) is 0 Å². The van der Waals surface area contributed by atoms with E-state index in [4.69, 9.17) is 15.6 Å². The van der Waals surface area contributed by atoms with Crippen molar-refractivity contribution in [2.75, 3.05) is 6.61 Å². The van der Waals surface area contributed by atoms with Crippen molar-refractivity contribution >= 4 is 30.4 Å². The summed E-state index contributed by atoms with van der Waals surface area (Å²) >= 11 is 1.87. The Labute approximate surface area is 102 Å². The minimum Gasteiger partial charge on any atom is -0.394 e. The van der Waals surface area contributed by atoms with Crippen molar-refractivity contribution in [3.05, 3.63) is 0 Å². The molecule has 6 atom stereocenters. The molecule has 1 saturated heterocycles. The molecule has 1 aliphatic rings. The highest BCUT2D eigenvalue weighted by molar-refractivity contribution is 14.1. The van der Waals surface area contributed by atoms with Gasteiger partial charge in [-0.1, -0.05) is 22.6 Å². The maximum Gasteiger partial charge on any atom is 0.143 e. The van der Waals surface area contributed by atoms with Crippen LogP contribution in [0.4, 0.5) is 0 Å². The van der Waals surface area contributed by atoms with Gasteiger partial charge in [-0.2, -0.15) is 0 Å². The van der Waals surface area contributed by atoms with E-state index in [0.29, 0.717) is 0 Å². The zero-order valence-corrected chi connectivity index (χ0v) is 10.4. The van der Waals surface area contributed by atoms with Crippen LogP contribution in [0, 0.1) is 0 Å². The number of aliphatic hydroxyl groups is 4. The van der Waals surface area contributed by atoms with Gasteiger partial charge in [0.2, 0.25) is 0 Å². The molecule has 0 bridgehead atoms. The summed E-state index contributed by atoms with van der Waals surface area (Å²) in [6.07, 6.45) is -5.70. The molecule has 1 rings (SSSR count). The Morgan fingerprint density at radius 1 is 1.27 bits per heavy atom. The zero-order valence-electron chi connectivity index (χ0n) is 8.25. The number of rotatable bonds is 2. The number of halogens is 1. The van der Waals surface area contributed by atoms with Crippen LogP contribution >= 0.6 is 22.6 Å². The van der Waals surface area contributed by atoms with Crippen LogP contribution in [0.5, 0.6) is 0 Å². The van der Waals surface area contributed by atoms with E-state index in [9.17, 15) is 15.3 Å². The predicted molar refractivity (Wildman–Crippen MR) is 63.2 cm³/mol. The molecule has 15 heavy (non-hydrogen) atoms. The topological polar surface area (TPSA) is 116 Å². The Kier molecular flexibility index (Phi) is 4.38. The van der Waals surface area contributed by atoms with Gasteiger partial charge in [-0.05, 0) is 0 Å². The highest BCUT2D eigenvalue weighted by Crippen LogP contribution is 2.28. The molecule has 0 saturated carbocycles. The van der Waals surface area contributed by atoms with Crippen molar-refractivity contribution in [3.63, 3.8) is 0 Å². The van der Waals surface area contributed by atoms with E-state index in [0.717, 1.165) is 0 Å². The van der Waals surface area contributed by atoms with E-state index < -0.39 is 40.6 Å². The smallest absolute Gasteiger partial charge is 0.143 e. The third kappa shape index (κ3) is 2.81. The van der Waals surface area contributed by atoms with Crippen molar-refractivity contribution in [2.24, 2.45) is 5.73 Å². The minimum absolute atomic E-state index is 0.436. The van der Waals surface area contributed by atoms with Crippen LogP contribution < -0.4 is 5.73 Å². The van der Waals surface area contributed by atoms with Crippen LogP contribution in [-0.4, -0.2) is 68.8 Å². The third-order valence-electron chi connectivity index (χ3n) is 2.45. The predicted octanol–water partition coefficient (Wildman–Crippen LogP) is -3.49. The Morgan fingerprint density at radius 2 is 1.80 bits per heavy atom. The van der Waals surface area contributed by atoms with Gasteiger partial charge in [0, 0.05) is 0 Å². The summed E-state index contributed by atoms with van der Waals surface area (Å²) in [6.45, 7) is -0.436. The summed E-state index contributed by atoms with van der Waals surface area (Å²) in [5, 5.41) is 37.6. The molecule has 3 unspecified atom stereocenters. The van der Waals surface area contributed by atoms with Crippen molar-refractivity contribution in [1.29, 1.82) is 0 Å². The van der Waals surface area contributed by atoms with Crippen molar-refractivity contribution in [1.82, 2.24) is 0 Å². The fraction of sp³-hybridized carbons (Fsp3) is 1.00. The lowest BCUT2D eigenvalue weighted by atomic mass is 9.83. The number of hydrogen-bond acceptors (Lipinski definition) is 6. The molecule has 0 radical (unpaired) electrons. The minimum atomic E-state index is -1.36. The van der Waals surface area contributed by atoms with Crippen molar-refractivity contribution in [2.45, 2.75) is 34.0 Å². The summed E-state index contributed by atoms with van der Waals surface area (Å²) in [7, 11) is 1.63. The first-order valence-corrected chi connectivity index (χ1v) is 5.65. The molecular weight excluding hydrogens is 316 g/mol. The number of aliphatic hydroxyl groups excluding tert-OH is 4. The molecule has 1 heterocycles. The van der Waals surface area contributed by atoms with Gasteiger partial charge >= 0.3 is 0 Å². The van der Waals surface area contributed by atoms with Gasteiger partial charge in [0.15, 0.2) is 0 Å². The molecule has 0 amide bonds. The van der Waals surface area contributed by atoms with Crippen LogP contribution in [-0.2, 0) is 4.74 Å². The van der Waals surface area contributed by atoms with Crippen LogP contribution in [0.1, 0.15) is 0 Å². The highest BCUT2D eigenvalue weighted by Gasteiger charge is 2.48. The van der Waals surface area contributed by atoms with Gasteiger partial charge in [-0.3, -0.25) is 0 Å². The quantitative estimate of drug-likeness (QED) is 0.155. The average molecular weight is 331 g/mol. The van der Waals surface area contributed by atoms with E-state index in [1.165, 1.54) is 0 Å². The van der Waals surface area contributed by atoms with Crippen molar-refractivity contribution < 1.29 is 25.2 Å². The highest BCUT2D eigenvalue weighted by atomic mass is 127. The number of alkyl halides is 1. The normalized spacial score (nSPS) is 46.1. The molecular formula is C7H15BINO5. The Balaban J connectivity index is 2.83. The van der Waals surface area contributed by atoms with Gasteiger partial charge < -0.3 is 30.9 Å². The van der Waals surface area contributed by atoms with Crippen LogP contribution in [0.3, 0.4) is 0 Å². The van der Waals surface area contributed by atoms with Gasteiger partial charge in [-0.15, -0.1) is 0 Å². The summed E-state index contributed by atoms with van der Waals surface area (Å²) in [5.74, 6) is 0. The van der Waals surface area contributed by atoms with E-state index in [2.05, 4.69) is 0 Å².